The molecule has 0 radical (unpaired) electrons. The molecule has 1 aliphatic heterocycles. The van der Waals surface area contributed by atoms with Crippen molar-refractivity contribution in [3.8, 4) is 0 Å². The van der Waals surface area contributed by atoms with Gasteiger partial charge in [0.1, 0.15) is 11.7 Å². The van der Waals surface area contributed by atoms with E-state index in [1.54, 1.807) is 0 Å². The Hall–Kier alpha value is -0.870. The Labute approximate surface area is 113 Å². The van der Waals surface area contributed by atoms with E-state index >= 15 is 0 Å². The molecule has 0 spiro atoms. The van der Waals surface area contributed by atoms with E-state index in [4.69, 9.17) is 4.74 Å². The third kappa shape index (κ3) is 1.39. The molecule has 1 heterocycles. The maximum absolute atomic E-state index is 11.8. The van der Waals surface area contributed by atoms with Gasteiger partial charge in [0.25, 0.3) is 0 Å². The molecule has 0 bridgehead atoms. The lowest BCUT2D eigenvalue weighted by molar-refractivity contribution is -0.216. The number of hydrogen-bond donors (Lipinski definition) is 2. The van der Waals surface area contributed by atoms with Crippen LogP contribution in [0.5, 0.6) is 0 Å². The summed E-state index contributed by atoms with van der Waals surface area (Å²) >= 11 is 0. The smallest absolute Gasteiger partial charge is 0.309 e. The second-order valence-electron chi connectivity index (χ2n) is 6.69. The number of esters is 1. The zero-order valence-electron chi connectivity index (χ0n) is 11.6. The lowest BCUT2D eigenvalue weighted by atomic mass is 9.51. The number of aliphatic hydroxyl groups excluding tert-OH is 1. The van der Waals surface area contributed by atoms with Crippen LogP contribution in [-0.4, -0.2) is 34.0 Å². The zero-order valence-corrected chi connectivity index (χ0v) is 11.6. The summed E-state index contributed by atoms with van der Waals surface area (Å²) in [6, 6.07) is 0. The average molecular weight is 266 g/mol. The lowest BCUT2D eigenvalue weighted by Crippen LogP contribution is -2.67. The molecule has 0 aromatic rings. The van der Waals surface area contributed by atoms with Crippen LogP contribution in [0.1, 0.15) is 39.5 Å². The minimum Gasteiger partial charge on any atom is -0.458 e. The van der Waals surface area contributed by atoms with E-state index in [1.807, 2.05) is 13.8 Å². The SMILES string of the molecule is C=C1CC[C@@H](O)[C@]2(C)CC[C@H]3[C@H](C)C(=O)O[C@@H]3[C@@]12O. The van der Waals surface area contributed by atoms with Gasteiger partial charge in [-0.2, -0.15) is 0 Å². The molecule has 0 unspecified atom stereocenters. The van der Waals surface area contributed by atoms with Gasteiger partial charge in [-0.25, -0.2) is 0 Å². The normalized spacial score (nSPS) is 53.5. The standard InChI is InChI=1S/C15H22O4/c1-8-4-5-11(16)14(3)7-6-10-9(2)13(17)19-12(10)15(8,14)18/h9-12,16,18H,1,4-7H2,2-3H3/t9-,10-,11+,12-,14-,15-/m0/s1. The van der Waals surface area contributed by atoms with E-state index in [9.17, 15) is 15.0 Å². The summed E-state index contributed by atoms with van der Waals surface area (Å²) in [5, 5.41) is 21.6. The molecule has 3 fully saturated rings. The molecule has 4 heteroatoms. The molecule has 2 N–H and O–H groups in total. The molecule has 2 saturated carbocycles. The molecule has 0 aromatic heterocycles. The van der Waals surface area contributed by atoms with Crippen LogP contribution in [0.2, 0.25) is 0 Å². The fourth-order valence-electron chi connectivity index (χ4n) is 4.38. The molecule has 0 aromatic carbocycles. The van der Waals surface area contributed by atoms with Crippen molar-refractivity contribution in [2.45, 2.75) is 57.3 Å². The van der Waals surface area contributed by atoms with E-state index in [1.165, 1.54) is 0 Å². The molecular weight excluding hydrogens is 244 g/mol. The maximum Gasteiger partial charge on any atom is 0.309 e. The molecule has 6 atom stereocenters. The highest BCUT2D eigenvalue weighted by atomic mass is 16.6. The van der Waals surface area contributed by atoms with Crippen LogP contribution in [0.15, 0.2) is 12.2 Å². The van der Waals surface area contributed by atoms with Crippen LogP contribution in [0.25, 0.3) is 0 Å². The quantitative estimate of drug-likeness (QED) is 0.514. The fraction of sp³-hybridized carbons (Fsp3) is 0.800. The van der Waals surface area contributed by atoms with Gasteiger partial charge in [0.15, 0.2) is 0 Å². The van der Waals surface area contributed by atoms with E-state index in [2.05, 4.69) is 6.58 Å². The monoisotopic (exact) mass is 266 g/mol. The Morgan fingerprint density at radius 1 is 1.42 bits per heavy atom. The number of carbonyl (C=O) groups is 1. The van der Waals surface area contributed by atoms with E-state index in [0.717, 1.165) is 6.42 Å². The largest absolute Gasteiger partial charge is 0.458 e. The summed E-state index contributed by atoms with van der Waals surface area (Å²) in [4.78, 5) is 11.8. The minimum absolute atomic E-state index is 0.0348. The van der Waals surface area contributed by atoms with Crippen LogP contribution < -0.4 is 0 Å². The van der Waals surface area contributed by atoms with Crippen molar-refractivity contribution in [2.75, 3.05) is 0 Å². The van der Waals surface area contributed by atoms with Gasteiger partial charge in [0.05, 0.1) is 12.0 Å². The third-order valence-electron chi connectivity index (χ3n) is 5.92. The van der Waals surface area contributed by atoms with Crippen molar-refractivity contribution in [3.63, 3.8) is 0 Å². The first-order valence-electron chi connectivity index (χ1n) is 7.11. The lowest BCUT2D eigenvalue weighted by Gasteiger charge is -2.58. The number of rotatable bonds is 0. The predicted molar refractivity (Wildman–Crippen MR) is 69.2 cm³/mol. The maximum atomic E-state index is 11.8. The molecule has 19 heavy (non-hydrogen) atoms. The van der Waals surface area contributed by atoms with Crippen LogP contribution >= 0.6 is 0 Å². The predicted octanol–water partition coefficient (Wildman–Crippen LogP) is 1.41. The Morgan fingerprint density at radius 2 is 2.11 bits per heavy atom. The minimum atomic E-state index is -1.28. The molecule has 1 saturated heterocycles. The van der Waals surface area contributed by atoms with Gasteiger partial charge in [-0.1, -0.05) is 20.4 Å². The molecule has 2 aliphatic carbocycles. The average Bonchev–Trinajstić information content (AvgIpc) is 2.66. The van der Waals surface area contributed by atoms with Gasteiger partial charge in [-0.05, 0) is 31.3 Å². The number of hydrogen-bond acceptors (Lipinski definition) is 4. The van der Waals surface area contributed by atoms with Gasteiger partial charge in [-0.3, -0.25) is 4.79 Å². The Bertz CT molecular complexity index is 445. The highest BCUT2D eigenvalue weighted by molar-refractivity contribution is 5.75. The zero-order chi connectivity index (χ0) is 14.0. The first-order chi connectivity index (χ1) is 8.82. The van der Waals surface area contributed by atoms with Crippen molar-refractivity contribution in [2.24, 2.45) is 17.3 Å². The van der Waals surface area contributed by atoms with E-state index < -0.39 is 23.2 Å². The van der Waals surface area contributed by atoms with Gasteiger partial charge < -0.3 is 14.9 Å². The summed E-state index contributed by atoms with van der Waals surface area (Å²) in [5.74, 6) is -0.376. The van der Waals surface area contributed by atoms with Crippen LogP contribution in [0, 0.1) is 17.3 Å². The molecule has 3 aliphatic rings. The van der Waals surface area contributed by atoms with Gasteiger partial charge in [0.2, 0.25) is 0 Å². The number of ether oxygens (including phenoxy) is 1. The van der Waals surface area contributed by atoms with Crippen molar-refractivity contribution in [3.05, 3.63) is 12.2 Å². The molecule has 106 valence electrons. The van der Waals surface area contributed by atoms with Gasteiger partial charge in [0, 0.05) is 11.3 Å². The first kappa shape index (κ1) is 13.1. The van der Waals surface area contributed by atoms with E-state index in [-0.39, 0.29) is 17.8 Å². The fourth-order valence-corrected chi connectivity index (χ4v) is 4.38. The van der Waals surface area contributed by atoms with Crippen molar-refractivity contribution < 1.29 is 19.7 Å². The number of carbonyl (C=O) groups excluding carboxylic acids is 1. The summed E-state index contributed by atoms with van der Waals surface area (Å²) in [6.45, 7) is 7.77. The van der Waals surface area contributed by atoms with E-state index in [0.29, 0.717) is 24.8 Å². The highest BCUT2D eigenvalue weighted by Crippen LogP contribution is 2.59. The summed E-state index contributed by atoms with van der Waals surface area (Å²) < 4.78 is 5.47. The Balaban J connectivity index is 2.08. The van der Waals surface area contributed by atoms with Crippen LogP contribution in [-0.2, 0) is 9.53 Å². The molecule has 3 rings (SSSR count). The summed E-state index contributed by atoms with van der Waals surface area (Å²) in [5.41, 5.74) is -1.24. The second kappa shape index (κ2) is 3.83. The van der Waals surface area contributed by atoms with Crippen molar-refractivity contribution in [1.82, 2.24) is 0 Å². The van der Waals surface area contributed by atoms with Gasteiger partial charge >= 0.3 is 5.97 Å². The Morgan fingerprint density at radius 3 is 2.79 bits per heavy atom. The van der Waals surface area contributed by atoms with Crippen LogP contribution in [0.3, 0.4) is 0 Å². The highest BCUT2D eigenvalue weighted by Gasteiger charge is 2.67. The van der Waals surface area contributed by atoms with Crippen molar-refractivity contribution >= 4 is 5.97 Å². The topological polar surface area (TPSA) is 66.8 Å². The first-order valence-corrected chi connectivity index (χ1v) is 7.11. The molecular formula is C15H22O4. The van der Waals surface area contributed by atoms with Crippen molar-refractivity contribution in [1.29, 1.82) is 0 Å². The summed E-state index contributed by atoms with van der Waals surface area (Å²) in [7, 11) is 0. The third-order valence-corrected chi connectivity index (χ3v) is 5.92. The number of aliphatic hydroxyl groups is 2. The molecule has 4 nitrogen and oxygen atoms in total. The van der Waals surface area contributed by atoms with Crippen LogP contribution in [0.4, 0.5) is 0 Å². The number of fused-ring (bicyclic) bond motifs is 3. The second-order valence-corrected chi connectivity index (χ2v) is 6.69. The van der Waals surface area contributed by atoms with Gasteiger partial charge in [-0.15, -0.1) is 0 Å². The summed E-state index contributed by atoms with van der Waals surface area (Å²) in [6.07, 6.45) is 1.60. The Kier molecular flexibility index (Phi) is 2.64. The molecule has 0 amide bonds.